The Labute approximate surface area is 177 Å². The molecule has 160 valence electrons. The van der Waals surface area contributed by atoms with Crippen molar-refractivity contribution in [2.24, 2.45) is 5.14 Å². The van der Waals surface area contributed by atoms with Crippen LogP contribution in [-0.4, -0.2) is 54.7 Å². The quantitative estimate of drug-likeness (QED) is 0.351. The number of benzene rings is 2. The Morgan fingerprint density at radius 2 is 1.77 bits per heavy atom. The summed E-state index contributed by atoms with van der Waals surface area (Å²) in [5.74, 6) is -0.453. The normalized spacial score (nSPS) is 12.3. The number of aromatic amines is 1. The second-order valence-electron chi connectivity index (χ2n) is 6.64. The molecule has 0 aliphatic rings. The van der Waals surface area contributed by atoms with E-state index in [0.717, 1.165) is 5.39 Å². The lowest BCUT2D eigenvalue weighted by molar-refractivity contribution is -0.360. The molecular weight excluding hydrogens is 442 g/mol. The third kappa shape index (κ3) is 3.79. The minimum absolute atomic E-state index is 0.0562. The lowest BCUT2D eigenvalue weighted by Gasteiger charge is -2.16. The van der Waals surface area contributed by atoms with Gasteiger partial charge in [0.2, 0.25) is 15.8 Å². The number of hydrogen-bond donors (Lipinski definition) is 3. The van der Waals surface area contributed by atoms with Gasteiger partial charge >= 0.3 is 0 Å². The molecule has 2 aromatic heterocycles. The zero-order valence-corrected chi connectivity index (χ0v) is 17.7. The number of sulfonamides is 1. The smallest absolute Gasteiger partial charge is 0.240 e. The number of quaternary nitrogens is 1. The van der Waals surface area contributed by atoms with E-state index in [-0.39, 0.29) is 23.7 Å². The maximum Gasteiger partial charge on any atom is 0.240 e. The van der Waals surface area contributed by atoms with Crippen molar-refractivity contribution in [3.8, 4) is 22.5 Å². The summed E-state index contributed by atoms with van der Waals surface area (Å²) in [5.41, 5.74) is 5.15. The Bertz CT molecular complexity index is 1480. The first-order chi connectivity index (χ1) is 14.7. The molecule has 0 aliphatic carbocycles. The van der Waals surface area contributed by atoms with Gasteiger partial charge in [0.25, 0.3) is 0 Å². The van der Waals surface area contributed by atoms with Crippen molar-refractivity contribution in [2.75, 3.05) is 12.3 Å². The molecule has 2 heterocycles. The van der Waals surface area contributed by atoms with Gasteiger partial charge in [-0.05, 0) is 34.5 Å². The van der Waals surface area contributed by atoms with Gasteiger partial charge in [-0.15, -0.1) is 10.2 Å². The van der Waals surface area contributed by atoms with Crippen LogP contribution < -0.4 is 10.9 Å². The number of para-hydroxylation sites is 1. The van der Waals surface area contributed by atoms with E-state index in [2.05, 4.69) is 31.3 Å². The van der Waals surface area contributed by atoms with Gasteiger partial charge in [-0.2, -0.15) is 5.21 Å². The first-order valence-electron chi connectivity index (χ1n) is 9.04. The molecule has 0 amide bonds. The Hall–Kier alpha value is -3.26. The van der Waals surface area contributed by atoms with Gasteiger partial charge in [-0.1, -0.05) is 24.3 Å². The highest BCUT2D eigenvalue weighted by atomic mass is 32.2. The fourth-order valence-corrected chi connectivity index (χ4v) is 6.26. The summed E-state index contributed by atoms with van der Waals surface area (Å²) >= 11 is 0. The molecule has 6 N–H and O–H groups in total. The van der Waals surface area contributed by atoms with Gasteiger partial charge in [-0.25, -0.2) is 22.0 Å². The van der Waals surface area contributed by atoms with Gasteiger partial charge in [0, 0.05) is 11.6 Å². The Kier molecular flexibility index (Phi) is 5.26. The molecular formula is C18H18N7O4S2+. The number of nitrogens with one attached hydrogen (secondary N) is 1. The maximum absolute atomic E-state index is 12.8. The maximum atomic E-state index is 12.8. The van der Waals surface area contributed by atoms with E-state index in [1.165, 1.54) is 12.1 Å². The molecule has 0 bridgehead atoms. The third-order valence-electron chi connectivity index (χ3n) is 4.66. The van der Waals surface area contributed by atoms with Gasteiger partial charge in [-0.3, -0.25) is 4.98 Å². The number of hydrogen-bond acceptors (Lipinski definition) is 8. The average molecular weight is 461 g/mol. The first-order valence-corrected chi connectivity index (χ1v) is 12.2. The standard InChI is InChI=1S/C18H17N7O4S2/c19-8-10-30(26,27)15-6-5-13(11-7-9-21-14-4-2-1-3-12(11)14)16(17(15)31(20,28)29)18-22-24-25-23-18/h1-7,9H,8,10,19H2,(H2,20,28,29)(H,22,23,24,25)/p+1. The van der Waals surface area contributed by atoms with E-state index in [4.69, 9.17) is 5.14 Å². The molecule has 0 aliphatic heterocycles. The molecule has 0 saturated carbocycles. The molecule has 0 atom stereocenters. The molecule has 0 fully saturated rings. The Balaban J connectivity index is 2.18. The SMILES string of the molecule is NS(=O)(=O)c1c(S(=O)(=O)CC[NH3+])ccc(-c2ccnc3ccccc23)c1-c1nn[nH]n1. The predicted octanol–water partition coefficient (Wildman–Crippen LogP) is -0.255. The average Bonchev–Trinajstić information content (AvgIpc) is 3.26. The fourth-order valence-electron chi connectivity index (χ4n) is 3.44. The van der Waals surface area contributed by atoms with Crippen LogP contribution in [0.15, 0.2) is 58.5 Å². The van der Waals surface area contributed by atoms with Gasteiger partial charge in [0.1, 0.15) is 10.6 Å². The van der Waals surface area contributed by atoms with Crippen LogP contribution in [0.2, 0.25) is 0 Å². The van der Waals surface area contributed by atoms with E-state index in [1.54, 1.807) is 18.3 Å². The van der Waals surface area contributed by atoms with Crippen LogP contribution in [0.25, 0.3) is 33.4 Å². The molecule has 0 spiro atoms. The highest BCUT2D eigenvalue weighted by Crippen LogP contribution is 2.40. The van der Waals surface area contributed by atoms with E-state index in [9.17, 15) is 16.8 Å². The Morgan fingerprint density at radius 3 is 2.45 bits per heavy atom. The Morgan fingerprint density at radius 1 is 1.00 bits per heavy atom. The number of nitrogens with two attached hydrogens (primary N) is 1. The summed E-state index contributed by atoms with van der Waals surface area (Å²) < 4.78 is 51.0. The number of pyridine rings is 1. The van der Waals surface area contributed by atoms with Crippen LogP contribution in [0.1, 0.15) is 0 Å². The first kappa shape index (κ1) is 21.0. The molecule has 31 heavy (non-hydrogen) atoms. The summed E-state index contributed by atoms with van der Waals surface area (Å²) in [7, 11) is -8.51. The van der Waals surface area contributed by atoms with Crippen LogP contribution in [0.5, 0.6) is 0 Å². The summed E-state index contributed by atoms with van der Waals surface area (Å²) in [6.45, 7) is 0.0562. The van der Waals surface area contributed by atoms with E-state index in [1.807, 2.05) is 18.2 Å². The van der Waals surface area contributed by atoms with Crippen molar-refractivity contribution in [1.82, 2.24) is 25.6 Å². The largest absolute Gasteiger partial charge is 0.357 e. The fraction of sp³-hybridized carbons (Fsp3) is 0.111. The highest BCUT2D eigenvalue weighted by Gasteiger charge is 2.32. The van der Waals surface area contributed by atoms with Crippen LogP contribution in [0, 0.1) is 0 Å². The number of rotatable bonds is 6. The molecule has 2 aromatic carbocycles. The lowest BCUT2D eigenvalue weighted by Crippen LogP contribution is -2.53. The zero-order valence-electron chi connectivity index (χ0n) is 16.1. The van der Waals surface area contributed by atoms with Crippen molar-refractivity contribution < 1.29 is 22.6 Å². The number of nitrogens with zero attached hydrogens (tertiary/aromatic N) is 4. The van der Waals surface area contributed by atoms with Crippen molar-refractivity contribution in [2.45, 2.75) is 9.79 Å². The summed E-state index contributed by atoms with van der Waals surface area (Å²) in [6, 6.07) is 11.7. The van der Waals surface area contributed by atoms with E-state index in [0.29, 0.717) is 16.6 Å². The van der Waals surface area contributed by atoms with Crippen LogP contribution in [-0.2, 0) is 19.9 Å². The molecule has 0 radical (unpaired) electrons. The minimum atomic E-state index is -4.51. The number of sulfone groups is 1. The van der Waals surface area contributed by atoms with Crippen LogP contribution in [0.3, 0.4) is 0 Å². The van der Waals surface area contributed by atoms with E-state index >= 15 is 0 Å². The zero-order chi connectivity index (χ0) is 22.2. The van der Waals surface area contributed by atoms with Gasteiger partial charge < -0.3 is 5.73 Å². The van der Waals surface area contributed by atoms with Crippen molar-refractivity contribution in [3.63, 3.8) is 0 Å². The lowest BCUT2D eigenvalue weighted by atomic mass is 9.96. The number of primary sulfonamides is 1. The molecule has 0 saturated heterocycles. The number of fused-ring (bicyclic) bond motifs is 1. The molecule has 4 rings (SSSR count). The third-order valence-corrected chi connectivity index (χ3v) is 7.62. The number of aromatic nitrogens is 5. The topological polar surface area (TPSA) is 189 Å². The van der Waals surface area contributed by atoms with Gasteiger partial charge in [0.05, 0.1) is 22.5 Å². The highest BCUT2D eigenvalue weighted by molar-refractivity contribution is 7.93. The molecule has 0 unspecified atom stereocenters. The molecule has 11 nitrogen and oxygen atoms in total. The summed E-state index contributed by atoms with van der Waals surface area (Å²) in [4.78, 5) is 3.30. The summed E-state index contributed by atoms with van der Waals surface area (Å²) in [5, 5.41) is 19.8. The van der Waals surface area contributed by atoms with Crippen LogP contribution >= 0.6 is 0 Å². The monoisotopic (exact) mass is 460 g/mol. The van der Waals surface area contributed by atoms with Crippen molar-refractivity contribution in [1.29, 1.82) is 0 Å². The van der Waals surface area contributed by atoms with Crippen molar-refractivity contribution in [3.05, 3.63) is 48.7 Å². The van der Waals surface area contributed by atoms with Crippen molar-refractivity contribution >= 4 is 30.8 Å². The molecule has 4 aromatic rings. The molecule has 13 heteroatoms. The van der Waals surface area contributed by atoms with Gasteiger partial charge in [0.15, 0.2) is 9.84 Å². The minimum Gasteiger partial charge on any atom is -0.357 e. The van der Waals surface area contributed by atoms with E-state index < -0.39 is 29.7 Å². The second-order valence-corrected chi connectivity index (χ2v) is 10.2. The number of tetrazole rings is 1. The summed E-state index contributed by atoms with van der Waals surface area (Å²) in [6.07, 6.45) is 1.57. The van der Waals surface area contributed by atoms with Crippen LogP contribution in [0.4, 0.5) is 0 Å². The second kappa shape index (κ2) is 7.77. The predicted molar refractivity (Wildman–Crippen MR) is 112 cm³/mol. The number of H-pyrrole nitrogens is 1.